The first-order valence-electron chi connectivity index (χ1n) is 9.89. The Morgan fingerprint density at radius 3 is 2.75 bits per heavy atom. The predicted molar refractivity (Wildman–Crippen MR) is 113 cm³/mol. The van der Waals surface area contributed by atoms with Crippen LogP contribution in [0.2, 0.25) is 5.02 Å². The van der Waals surface area contributed by atoms with Gasteiger partial charge in [0.1, 0.15) is 13.2 Å². The van der Waals surface area contributed by atoms with E-state index in [1.165, 1.54) is 10.9 Å². The van der Waals surface area contributed by atoms with Gasteiger partial charge in [-0.3, -0.25) is 4.90 Å². The van der Waals surface area contributed by atoms with E-state index in [4.69, 9.17) is 21.1 Å². The van der Waals surface area contributed by atoms with Crippen molar-refractivity contribution in [3.63, 3.8) is 0 Å². The van der Waals surface area contributed by atoms with E-state index in [1.54, 1.807) is 0 Å². The maximum absolute atomic E-state index is 6.09. The van der Waals surface area contributed by atoms with Crippen molar-refractivity contribution in [3.05, 3.63) is 53.2 Å². The van der Waals surface area contributed by atoms with Gasteiger partial charge in [-0.2, -0.15) is 0 Å². The van der Waals surface area contributed by atoms with E-state index in [1.807, 2.05) is 18.2 Å². The maximum Gasteiger partial charge on any atom is 0.184 e. The fourth-order valence-electron chi connectivity index (χ4n) is 4.16. The van der Waals surface area contributed by atoms with Crippen molar-refractivity contribution in [3.8, 4) is 11.5 Å². The van der Waals surface area contributed by atoms with Crippen LogP contribution in [-0.2, 0) is 6.42 Å². The molecule has 0 radical (unpaired) electrons. The highest BCUT2D eigenvalue weighted by molar-refractivity contribution is 6.31. The Hall–Kier alpha value is -2.37. The average molecular weight is 398 g/mol. The number of piperazine rings is 1. The van der Waals surface area contributed by atoms with Crippen LogP contribution >= 0.6 is 11.6 Å². The lowest BCUT2D eigenvalue weighted by Gasteiger charge is -2.37. The molecule has 0 amide bonds. The summed E-state index contributed by atoms with van der Waals surface area (Å²) in [6, 6.07) is 12.3. The SMILES string of the molecule is Clc1ccc2c(CCN3CCN(c4cccc5c4OCCO5)CC3)c[nH]c2c1. The van der Waals surface area contributed by atoms with Crippen LogP contribution in [0.25, 0.3) is 10.9 Å². The van der Waals surface area contributed by atoms with Gasteiger partial charge < -0.3 is 19.4 Å². The average Bonchev–Trinajstić information content (AvgIpc) is 3.14. The Labute approximate surface area is 169 Å². The smallest absolute Gasteiger partial charge is 0.184 e. The van der Waals surface area contributed by atoms with E-state index < -0.39 is 0 Å². The summed E-state index contributed by atoms with van der Waals surface area (Å²) in [5.74, 6) is 1.77. The maximum atomic E-state index is 6.09. The Balaban J connectivity index is 1.21. The molecule has 0 bridgehead atoms. The largest absolute Gasteiger partial charge is 0.486 e. The molecule has 0 aliphatic carbocycles. The van der Waals surface area contributed by atoms with Crippen molar-refractivity contribution in [2.45, 2.75) is 6.42 Å². The molecule has 2 aromatic carbocycles. The van der Waals surface area contributed by atoms with Crippen LogP contribution in [0.5, 0.6) is 11.5 Å². The zero-order valence-corrected chi connectivity index (χ0v) is 16.5. The molecule has 0 spiro atoms. The van der Waals surface area contributed by atoms with Crippen LogP contribution in [0.15, 0.2) is 42.6 Å². The zero-order chi connectivity index (χ0) is 18.9. The van der Waals surface area contributed by atoms with Gasteiger partial charge in [0, 0.05) is 54.8 Å². The van der Waals surface area contributed by atoms with E-state index in [0.717, 1.165) is 66.9 Å². The highest BCUT2D eigenvalue weighted by Gasteiger charge is 2.23. The Bertz CT molecular complexity index is 979. The molecule has 146 valence electrons. The molecule has 6 heteroatoms. The van der Waals surface area contributed by atoms with E-state index in [2.05, 4.69) is 39.2 Å². The number of hydrogen-bond donors (Lipinski definition) is 1. The van der Waals surface area contributed by atoms with Gasteiger partial charge in [-0.25, -0.2) is 0 Å². The summed E-state index contributed by atoms with van der Waals surface area (Å²) in [6.45, 7) is 6.43. The summed E-state index contributed by atoms with van der Waals surface area (Å²) in [7, 11) is 0. The third-order valence-corrected chi connectivity index (χ3v) is 5.92. The first kappa shape index (κ1) is 17.7. The third-order valence-electron chi connectivity index (χ3n) is 5.69. The molecule has 3 aromatic rings. The highest BCUT2D eigenvalue weighted by atomic mass is 35.5. The van der Waals surface area contributed by atoms with Crippen LogP contribution in [0, 0.1) is 0 Å². The van der Waals surface area contributed by atoms with Crippen LogP contribution in [0.1, 0.15) is 5.56 Å². The molecular formula is C22H24ClN3O2. The zero-order valence-electron chi connectivity index (χ0n) is 15.8. The Kier molecular flexibility index (Phi) is 4.79. The molecule has 5 rings (SSSR count). The standard InChI is InChI=1S/C22H24ClN3O2/c23-17-4-5-18-16(15-24-19(18)14-17)6-7-25-8-10-26(11-9-25)20-2-1-3-21-22(20)28-13-12-27-21/h1-5,14-15,24H,6-13H2. The number of rotatable bonds is 4. The molecule has 2 aliphatic rings. The second kappa shape index (κ2) is 7.57. The summed E-state index contributed by atoms with van der Waals surface area (Å²) in [6.07, 6.45) is 3.16. The number of nitrogens with one attached hydrogen (secondary N) is 1. The first-order chi connectivity index (χ1) is 13.8. The molecule has 28 heavy (non-hydrogen) atoms. The van der Waals surface area contributed by atoms with Gasteiger partial charge in [-0.1, -0.05) is 23.7 Å². The van der Waals surface area contributed by atoms with Crippen molar-refractivity contribution in [1.29, 1.82) is 0 Å². The number of fused-ring (bicyclic) bond motifs is 2. The monoisotopic (exact) mass is 397 g/mol. The number of nitrogens with zero attached hydrogens (tertiary/aromatic N) is 2. The molecule has 1 fully saturated rings. The molecule has 1 saturated heterocycles. The van der Waals surface area contributed by atoms with Gasteiger partial charge in [-0.05, 0) is 36.2 Å². The second-order valence-corrected chi connectivity index (χ2v) is 7.82. The number of ether oxygens (including phenoxy) is 2. The van der Waals surface area contributed by atoms with Crippen LogP contribution in [-0.4, -0.2) is 55.8 Å². The van der Waals surface area contributed by atoms with Gasteiger partial charge in [0.15, 0.2) is 11.5 Å². The minimum absolute atomic E-state index is 0.625. The molecule has 1 N–H and O–H groups in total. The molecule has 3 heterocycles. The summed E-state index contributed by atoms with van der Waals surface area (Å²) >= 11 is 6.09. The summed E-state index contributed by atoms with van der Waals surface area (Å²) in [5.41, 5.74) is 3.63. The van der Waals surface area contributed by atoms with E-state index in [-0.39, 0.29) is 0 Å². The number of aromatic amines is 1. The van der Waals surface area contributed by atoms with E-state index in [9.17, 15) is 0 Å². The number of H-pyrrole nitrogens is 1. The van der Waals surface area contributed by atoms with Crippen molar-refractivity contribution in [2.24, 2.45) is 0 Å². The molecule has 5 nitrogen and oxygen atoms in total. The minimum Gasteiger partial charge on any atom is -0.486 e. The number of anilines is 1. The summed E-state index contributed by atoms with van der Waals surface area (Å²) in [5, 5.41) is 2.05. The van der Waals surface area contributed by atoms with Gasteiger partial charge in [0.2, 0.25) is 0 Å². The topological polar surface area (TPSA) is 40.7 Å². The lowest BCUT2D eigenvalue weighted by molar-refractivity contribution is 0.171. The fraction of sp³-hybridized carbons (Fsp3) is 0.364. The summed E-state index contributed by atoms with van der Waals surface area (Å²) in [4.78, 5) is 8.29. The molecule has 0 saturated carbocycles. The first-order valence-corrected chi connectivity index (χ1v) is 10.3. The van der Waals surface area contributed by atoms with Crippen LogP contribution < -0.4 is 14.4 Å². The second-order valence-electron chi connectivity index (χ2n) is 7.38. The lowest BCUT2D eigenvalue weighted by atomic mass is 10.1. The molecule has 0 atom stereocenters. The number of para-hydroxylation sites is 1. The molecular weight excluding hydrogens is 374 g/mol. The molecule has 1 aromatic heterocycles. The van der Waals surface area contributed by atoms with E-state index >= 15 is 0 Å². The lowest BCUT2D eigenvalue weighted by Crippen LogP contribution is -2.47. The normalized spacial score (nSPS) is 17.2. The van der Waals surface area contributed by atoms with Gasteiger partial charge in [0.25, 0.3) is 0 Å². The highest BCUT2D eigenvalue weighted by Crippen LogP contribution is 2.39. The fourth-order valence-corrected chi connectivity index (χ4v) is 4.34. The third kappa shape index (κ3) is 3.40. The Morgan fingerprint density at radius 1 is 1.00 bits per heavy atom. The number of hydrogen-bond acceptors (Lipinski definition) is 4. The van der Waals surface area contributed by atoms with Crippen molar-refractivity contribution < 1.29 is 9.47 Å². The number of halogens is 1. The van der Waals surface area contributed by atoms with Gasteiger partial charge >= 0.3 is 0 Å². The van der Waals surface area contributed by atoms with E-state index in [0.29, 0.717) is 13.2 Å². The quantitative estimate of drug-likeness (QED) is 0.723. The number of benzene rings is 2. The van der Waals surface area contributed by atoms with Gasteiger partial charge in [0.05, 0.1) is 5.69 Å². The molecule has 2 aliphatic heterocycles. The van der Waals surface area contributed by atoms with Gasteiger partial charge in [-0.15, -0.1) is 0 Å². The van der Waals surface area contributed by atoms with Crippen molar-refractivity contribution in [2.75, 3.05) is 50.8 Å². The van der Waals surface area contributed by atoms with Crippen LogP contribution in [0.4, 0.5) is 5.69 Å². The Morgan fingerprint density at radius 2 is 1.86 bits per heavy atom. The number of aromatic nitrogens is 1. The molecule has 0 unspecified atom stereocenters. The van der Waals surface area contributed by atoms with Crippen LogP contribution in [0.3, 0.4) is 0 Å². The minimum atomic E-state index is 0.625. The van der Waals surface area contributed by atoms with Crippen molar-refractivity contribution in [1.82, 2.24) is 9.88 Å². The predicted octanol–water partition coefficient (Wildman–Crippen LogP) is 3.96. The summed E-state index contributed by atoms with van der Waals surface area (Å²) < 4.78 is 11.6. The van der Waals surface area contributed by atoms with Crippen molar-refractivity contribution >= 4 is 28.2 Å².